The highest BCUT2D eigenvalue weighted by molar-refractivity contribution is 7.21. The van der Waals surface area contributed by atoms with E-state index < -0.39 is 30.1 Å². The second-order valence-corrected chi connectivity index (χ2v) is 16.3. The molecule has 2 saturated carbocycles. The molecule has 6 aromatic rings. The lowest BCUT2D eigenvalue weighted by Gasteiger charge is -2.18. The topological polar surface area (TPSA) is 212 Å². The van der Waals surface area contributed by atoms with Gasteiger partial charge in [0.2, 0.25) is 0 Å². The van der Waals surface area contributed by atoms with Crippen molar-refractivity contribution in [2.75, 3.05) is 13.1 Å². The van der Waals surface area contributed by atoms with Gasteiger partial charge in [0, 0.05) is 25.5 Å². The lowest BCUT2D eigenvalue weighted by molar-refractivity contribution is -0.147. The van der Waals surface area contributed by atoms with Gasteiger partial charge in [-0.25, -0.2) is 9.59 Å². The number of nitrogens with one attached hydrogen (secondary N) is 3. The molecule has 4 aromatic heterocycles. The summed E-state index contributed by atoms with van der Waals surface area (Å²) in [5, 5.41) is 16.5. The van der Waals surface area contributed by atoms with Gasteiger partial charge in [-0.2, -0.15) is 0 Å². The summed E-state index contributed by atoms with van der Waals surface area (Å²) >= 11 is 2.78. The summed E-state index contributed by atoms with van der Waals surface area (Å²) in [4.78, 5) is 70.8. The van der Waals surface area contributed by atoms with Crippen molar-refractivity contribution < 1.29 is 38.6 Å². The highest BCUT2D eigenvalue weighted by Crippen LogP contribution is 2.45. The highest BCUT2D eigenvalue weighted by Gasteiger charge is 2.29. The molecule has 2 aliphatic rings. The van der Waals surface area contributed by atoms with Crippen molar-refractivity contribution in [3.05, 3.63) is 129 Å². The summed E-state index contributed by atoms with van der Waals surface area (Å²) in [6.45, 7) is -0.172. The molecule has 14 nitrogen and oxygen atoms in total. The number of esters is 1. The Bertz CT molecular complexity index is 2450. The molecule has 8 rings (SSSR count). The van der Waals surface area contributed by atoms with Crippen LogP contribution in [0.1, 0.15) is 79.1 Å². The summed E-state index contributed by atoms with van der Waals surface area (Å²) in [6.07, 6.45) is 7.43. The third kappa shape index (κ3) is 11.0. The Morgan fingerprint density at radius 3 is 1.64 bits per heavy atom. The largest absolute Gasteiger partial charge is 0.480 e. The number of alkyl carbamates (subject to hydrolysis) is 1. The second-order valence-electron chi connectivity index (χ2n) is 14.2. The molecule has 6 N–H and O–H groups in total. The van der Waals surface area contributed by atoms with Crippen molar-refractivity contribution in [1.29, 1.82) is 0 Å². The van der Waals surface area contributed by atoms with Crippen LogP contribution in [0.5, 0.6) is 0 Å². The standard InChI is InChI=1S/C29H27N3O5S.C14H15N3O3S/c33-27(25-15-23-26(38-25)22(13-14-30-23)21-11-12-21)31-16-24(28(34)36-17-19-7-3-1-4-8-19)32-29(35)37-18-20-9-5-2-6-10-20;15-9(14(19)20)6-17-13(18)11-5-10-12(21-11)8(3-4-16-10)7-1-2-7/h1-10,13-15,21,24H,11-12,16-18H2,(H,31,33)(H,32,35);3-5,7,9H,1-2,6,15H2,(H,17,18)(H,19,20)/t24-;9-/m11/s1. The zero-order chi connectivity index (χ0) is 41.3. The van der Waals surface area contributed by atoms with Crippen LogP contribution < -0.4 is 21.7 Å². The first-order valence-corrected chi connectivity index (χ1v) is 20.8. The summed E-state index contributed by atoms with van der Waals surface area (Å²) < 4.78 is 12.8. The number of nitrogens with two attached hydrogens (primary N) is 1. The molecule has 0 radical (unpaired) electrons. The van der Waals surface area contributed by atoms with E-state index in [2.05, 4.69) is 25.9 Å². The quantitative estimate of drug-likeness (QED) is 0.0729. The molecule has 0 saturated heterocycles. The van der Waals surface area contributed by atoms with E-state index in [4.69, 9.17) is 20.3 Å². The molecular weight excluding hydrogens is 793 g/mol. The molecule has 2 atom stereocenters. The molecule has 59 heavy (non-hydrogen) atoms. The number of benzene rings is 2. The number of fused-ring (bicyclic) bond motifs is 2. The number of rotatable bonds is 15. The fourth-order valence-corrected chi connectivity index (χ4v) is 8.41. The van der Waals surface area contributed by atoms with E-state index in [-0.39, 0.29) is 38.1 Å². The molecule has 3 amide bonds. The van der Waals surface area contributed by atoms with E-state index in [1.54, 1.807) is 24.5 Å². The molecule has 0 aliphatic heterocycles. The Kier molecular flexibility index (Phi) is 13.2. The average Bonchev–Trinajstić information content (AvgIpc) is 4.20. The van der Waals surface area contributed by atoms with Gasteiger partial charge in [-0.3, -0.25) is 24.4 Å². The number of amides is 3. The normalized spacial score (nSPS) is 14.3. The third-order valence-electron chi connectivity index (χ3n) is 9.65. The van der Waals surface area contributed by atoms with Crippen molar-refractivity contribution in [3.63, 3.8) is 0 Å². The van der Waals surface area contributed by atoms with Crippen molar-refractivity contribution in [3.8, 4) is 0 Å². The first kappa shape index (κ1) is 40.9. The Morgan fingerprint density at radius 1 is 0.695 bits per heavy atom. The van der Waals surface area contributed by atoms with Crippen molar-refractivity contribution >= 4 is 73.0 Å². The fraction of sp³-hybridized carbons (Fsp3) is 0.279. The number of nitrogens with zero attached hydrogens (tertiary/aromatic N) is 2. The molecule has 0 bridgehead atoms. The van der Waals surface area contributed by atoms with Gasteiger partial charge >= 0.3 is 18.0 Å². The number of carboxylic acids is 1. The molecule has 0 spiro atoms. The van der Waals surface area contributed by atoms with E-state index in [9.17, 15) is 24.0 Å². The minimum Gasteiger partial charge on any atom is -0.480 e. The summed E-state index contributed by atoms with van der Waals surface area (Å²) in [5.74, 6) is -1.36. The summed E-state index contributed by atoms with van der Waals surface area (Å²) in [6, 6.07) is 23.7. The van der Waals surface area contributed by atoms with Gasteiger partial charge in [0.25, 0.3) is 11.8 Å². The van der Waals surface area contributed by atoms with Crippen LogP contribution in [0.15, 0.2) is 97.3 Å². The van der Waals surface area contributed by atoms with Gasteiger partial charge < -0.3 is 36.3 Å². The molecule has 2 aromatic carbocycles. The monoisotopic (exact) mass is 834 g/mol. The second kappa shape index (κ2) is 19.0. The number of carbonyl (C=O) groups is 5. The van der Waals surface area contributed by atoms with Gasteiger partial charge in [0.15, 0.2) is 0 Å². The maximum absolute atomic E-state index is 13.0. The Labute approximate surface area is 347 Å². The van der Waals surface area contributed by atoms with Gasteiger partial charge in [0.05, 0.1) is 30.2 Å². The number of aliphatic carboxylic acids is 1. The molecule has 16 heteroatoms. The number of thiophene rings is 2. The van der Waals surface area contributed by atoms with Crippen LogP contribution in [0.4, 0.5) is 4.79 Å². The Hall–Kier alpha value is -6.23. The van der Waals surface area contributed by atoms with Crippen LogP contribution in [0, 0.1) is 0 Å². The van der Waals surface area contributed by atoms with Crippen LogP contribution in [0.3, 0.4) is 0 Å². The lowest BCUT2D eigenvalue weighted by atomic mass is 10.1. The number of pyridine rings is 2. The van der Waals surface area contributed by atoms with Gasteiger partial charge in [0.1, 0.15) is 25.3 Å². The summed E-state index contributed by atoms with van der Waals surface area (Å²) in [7, 11) is 0. The molecular formula is C43H42N6O8S2. The van der Waals surface area contributed by atoms with Gasteiger partial charge in [-0.15, -0.1) is 22.7 Å². The minimum atomic E-state index is -1.14. The Balaban J connectivity index is 0.000000212. The van der Waals surface area contributed by atoms with E-state index in [1.165, 1.54) is 46.6 Å². The maximum atomic E-state index is 13.0. The molecule has 0 unspecified atom stereocenters. The van der Waals surface area contributed by atoms with Crippen molar-refractivity contribution in [1.82, 2.24) is 25.9 Å². The number of aromatic nitrogens is 2. The maximum Gasteiger partial charge on any atom is 0.408 e. The number of carbonyl (C=O) groups excluding carboxylic acids is 4. The highest BCUT2D eigenvalue weighted by atomic mass is 32.1. The SMILES string of the molecule is N[C@H](CNC(=O)c1cc2nccc(C3CC3)c2s1)C(=O)O.O=C(N[C@H](CNC(=O)c1cc2nccc(C3CC3)c2s1)C(=O)OCc1ccccc1)OCc1ccccc1. The number of ether oxygens (including phenoxy) is 2. The van der Waals surface area contributed by atoms with Crippen LogP contribution in [-0.4, -0.2) is 70.1 Å². The first-order valence-electron chi connectivity index (χ1n) is 19.1. The van der Waals surface area contributed by atoms with Crippen LogP contribution >= 0.6 is 22.7 Å². The van der Waals surface area contributed by atoms with E-state index >= 15 is 0 Å². The minimum absolute atomic E-state index is 0.0385. The molecule has 304 valence electrons. The zero-order valence-electron chi connectivity index (χ0n) is 31.8. The predicted octanol–water partition coefficient (Wildman–Crippen LogP) is 6.26. The average molecular weight is 835 g/mol. The number of hydrogen-bond acceptors (Lipinski definition) is 12. The van der Waals surface area contributed by atoms with E-state index in [1.807, 2.05) is 72.8 Å². The number of carboxylic acid groups (broad SMARTS) is 1. The van der Waals surface area contributed by atoms with Crippen LogP contribution in [0.2, 0.25) is 0 Å². The fourth-order valence-electron chi connectivity index (χ4n) is 6.16. The van der Waals surface area contributed by atoms with Crippen LogP contribution in [-0.2, 0) is 32.3 Å². The smallest absolute Gasteiger partial charge is 0.408 e. The number of hydrogen-bond donors (Lipinski definition) is 5. The zero-order valence-corrected chi connectivity index (χ0v) is 33.4. The Morgan fingerprint density at radius 2 is 1.17 bits per heavy atom. The predicted molar refractivity (Wildman–Crippen MR) is 223 cm³/mol. The first-order chi connectivity index (χ1) is 28.6. The van der Waals surface area contributed by atoms with Crippen LogP contribution in [0.25, 0.3) is 20.4 Å². The van der Waals surface area contributed by atoms with Gasteiger partial charge in [-0.1, -0.05) is 60.7 Å². The molecule has 4 heterocycles. The molecule has 2 fully saturated rings. The van der Waals surface area contributed by atoms with E-state index in [0.717, 1.165) is 44.4 Å². The third-order valence-corrected chi connectivity index (χ3v) is 12.0. The van der Waals surface area contributed by atoms with E-state index in [0.29, 0.717) is 21.6 Å². The van der Waals surface area contributed by atoms with Crippen molar-refractivity contribution in [2.24, 2.45) is 5.73 Å². The van der Waals surface area contributed by atoms with Crippen molar-refractivity contribution in [2.45, 2.75) is 62.8 Å². The molecule has 2 aliphatic carbocycles. The lowest BCUT2D eigenvalue weighted by Crippen LogP contribution is -2.49. The van der Waals surface area contributed by atoms with Gasteiger partial charge in [-0.05, 0) is 84.0 Å². The summed E-state index contributed by atoms with van der Waals surface area (Å²) in [5.41, 5.74) is 11.1.